The lowest BCUT2D eigenvalue weighted by molar-refractivity contribution is 0.233. The Balaban J connectivity index is 2.88. The first-order valence-electron chi connectivity index (χ1n) is 3.36. The van der Waals surface area contributed by atoms with E-state index in [0.29, 0.717) is 0 Å². The molecule has 0 aromatic heterocycles. The molecule has 9 heavy (non-hydrogen) atoms. The molecule has 0 aromatic carbocycles. The van der Waals surface area contributed by atoms with Crippen LogP contribution in [0.1, 0.15) is 19.3 Å². The molecule has 0 rings (SSSR count). The maximum absolute atomic E-state index is 8.51. The zero-order valence-electron chi connectivity index (χ0n) is 5.71. The minimum absolute atomic E-state index is 0.150. The molecule has 0 fully saturated rings. The summed E-state index contributed by atoms with van der Waals surface area (Å²) in [5, 5.41) is 16.9. The smallest absolute Gasteiger partial charge is 0.0459 e. The molecular weight excluding hydrogens is 116 g/mol. The Bertz CT molecular complexity index is 54.9. The molecule has 0 aliphatic rings. The third-order valence-corrected chi connectivity index (χ3v) is 1.28. The molecule has 2 heteroatoms. The van der Waals surface area contributed by atoms with Crippen molar-refractivity contribution < 1.29 is 10.2 Å². The topological polar surface area (TPSA) is 40.5 Å². The van der Waals surface area contributed by atoms with Crippen molar-refractivity contribution in [2.24, 2.45) is 5.92 Å². The fraction of sp³-hybridized carbons (Fsp3) is 0.857. The summed E-state index contributed by atoms with van der Waals surface area (Å²) in [4.78, 5) is 0. The van der Waals surface area contributed by atoms with Gasteiger partial charge in [0.25, 0.3) is 0 Å². The fourth-order valence-corrected chi connectivity index (χ4v) is 0.636. The molecule has 0 saturated heterocycles. The number of aliphatic hydroxyl groups is 2. The first-order valence-corrected chi connectivity index (χ1v) is 3.36. The van der Waals surface area contributed by atoms with Gasteiger partial charge in [0.15, 0.2) is 0 Å². The summed E-state index contributed by atoms with van der Waals surface area (Å²) in [5.74, 6) is 0.150. The standard InChI is InChI=1S/C7H15O2/c1-7(6-9)4-2-3-5-8/h7-9H,1-6H2. The van der Waals surface area contributed by atoms with Gasteiger partial charge in [0.1, 0.15) is 0 Å². The summed E-state index contributed by atoms with van der Waals surface area (Å²) in [6, 6.07) is 0. The highest BCUT2D eigenvalue weighted by atomic mass is 16.3. The Morgan fingerprint density at radius 2 is 1.89 bits per heavy atom. The van der Waals surface area contributed by atoms with Crippen LogP contribution in [0.3, 0.4) is 0 Å². The van der Waals surface area contributed by atoms with E-state index in [9.17, 15) is 0 Å². The predicted octanol–water partition coefficient (Wildman–Crippen LogP) is 0.592. The Labute approximate surface area is 56.5 Å². The van der Waals surface area contributed by atoms with Crippen LogP contribution in [0.25, 0.3) is 0 Å². The molecule has 0 aliphatic heterocycles. The molecule has 0 spiro atoms. The van der Waals surface area contributed by atoms with E-state index in [4.69, 9.17) is 10.2 Å². The average Bonchev–Trinajstić information content (AvgIpc) is 1.89. The van der Waals surface area contributed by atoms with Crippen molar-refractivity contribution in [3.05, 3.63) is 6.92 Å². The molecule has 2 N–H and O–H groups in total. The van der Waals surface area contributed by atoms with E-state index in [0.717, 1.165) is 19.3 Å². The molecule has 1 unspecified atom stereocenters. The Hall–Kier alpha value is -0.0800. The second kappa shape index (κ2) is 6.05. The molecule has 1 atom stereocenters. The number of hydrogen-bond donors (Lipinski definition) is 2. The molecule has 2 nitrogen and oxygen atoms in total. The van der Waals surface area contributed by atoms with Gasteiger partial charge in [-0.25, -0.2) is 0 Å². The lowest BCUT2D eigenvalue weighted by Crippen LogP contribution is -2.00. The summed E-state index contributed by atoms with van der Waals surface area (Å²) in [7, 11) is 0. The number of aliphatic hydroxyl groups excluding tert-OH is 2. The Kier molecular flexibility index (Phi) is 5.99. The van der Waals surface area contributed by atoms with Crippen molar-refractivity contribution in [2.45, 2.75) is 19.3 Å². The normalized spacial score (nSPS) is 13.7. The lowest BCUT2D eigenvalue weighted by Gasteiger charge is -2.04. The van der Waals surface area contributed by atoms with Crippen molar-refractivity contribution in [2.75, 3.05) is 13.2 Å². The minimum atomic E-state index is 0.150. The van der Waals surface area contributed by atoms with Gasteiger partial charge in [-0.15, -0.1) is 0 Å². The monoisotopic (exact) mass is 131 g/mol. The minimum Gasteiger partial charge on any atom is -0.396 e. The largest absolute Gasteiger partial charge is 0.396 e. The number of unbranched alkanes of at least 4 members (excludes halogenated alkanes) is 1. The molecule has 0 aliphatic carbocycles. The molecule has 0 aromatic rings. The van der Waals surface area contributed by atoms with E-state index < -0.39 is 0 Å². The van der Waals surface area contributed by atoms with E-state index in [2.05, 4.69) is 6.92 Å². The van der Waals surface area contributed by atoms with Crippen molar-refractivity contribution in [1.29, 1.82) is 0 Å². The van der Waals surface area contributed by atoms with E-state index in [1.54, 1.807) is 0 Å². The Morgan fingerprint density at radius 1 is 1.22 bits per heavy atom. The van der Waals surface area contributed by atoms with Crippen LogP contribution in [0.2, 0.25) is 0 Å². The summed E-state index contributed by atoms with van der Waals surface area (Å²) in [5.41, 5.74) is 0. The maximum Gasteiger partial charge on any atom is 0.0459 e. The van der Waals surface area contributed by atoms with Crippen molar-refractivity contribution >= 4 is 0 Å². The van der Waals surface area contributed by atoms with Gasteiger partial charge >= 0.3 is 0 Å². The molecule has 0 saturated carbocycles. The van der Waals surface area contributed by atoms with Crippen molar-refractivity contribution in [1.82, 2.24) is 0 Å². The summed E-state index contributed by atoms with van der Waals surface area (Å²) >= 11 is 0. The van der Waals surface area contributed by atoms with E-state index in [1.807, 2.05) is 0 Å². The summed E-state index contributed by atoms with van der Waals surface area (Å²) in [6.45, 7) is 4.10. The van der Waals surface area contributed by atoms with Crippen LogP contribution in [0.5, 0.6) is 0 Å². The first kappa shape index (κ1) is 8.92. The third kappa shape index (κ3) is 5.80. The van der Waals surface area contributed by atoms with Gasteiger partial charge in [-0.3, -0.25) is 0 Å². The van der Waals surface area contributed by atoms with Crippen LogP contribution in [0, 0.1) is 12.8 Å². The van der Waals surface area contributed by atoms with Crippen LogP contribution in [-0.4, -0.2) is 23.4 Å². The highest BCUT2D eigenvalue weighted by molar-refractivity contribution is 4.58. The van der Waals surface area contributed by atoms with Crippen LogP contribution in [-0.2, 0) is 0 Å². The molecule has 0 amide bonds. The third-order valence-electron chi connectivity index (χ3n) is 1.28. The second-order valence-electron chi connectivity index (χ2n) is 2.27. The molecule has 0 bridgehead atoms. The van der Waals surface area contributed by atoms with Gasteiger partial charge in [0, 0.05) is 13.2 Å². The zero-order valence-corrected chi connectivity index (χ0v) is 5.71. The Morgan fingerprint density at radius 3 is 2.33 bits per heavy atom. The van der Waals surface area contributed by atoms with E-state index in [1.165, 1.54) is 0 Å². The summed E-state index contributed by atoms with van der Waals surface area (Å²) < 4.78 is 0. The molecule has 55 valence electrons. The van der Waals surface area contributed by atoms with Gasteiger partial charge in [-0.1, -0.05) is 6.42 Å². The van der Waals surface area contributed by atoms with Gasteiger partial charge in [-0.2, -0.15) is 0 Å². The quantitative estimate of drug-likeness (QED) is 0.536. The molecule has 1 radical (unpaired) electrons. The van der Waals surface area contributed by atoms with Gasteiger partial charge in [0.2, 0.25) is 0 Å². The molecule has 0 heterocycles. The SMILES string of the molecule is [CH2]C(CO)CCCCO. The van der Waals surface area contributed by atoms with Crippen LogP contribution in [0.4, 0.5) is 0 Å². The second-order valence-corrected chi connectivity index (χ2v) is 2.27. The van der Waals surface area contributed by atoms with Crippen LogP contribution >= 0.6 is 0 Å². The predicted molar refractivity (Wildman–Crippen MR) is 36.9 cm³/mol. The average molecular weight is 131 g/mol. The van der Waals surface area contributed by atoms with Crippen molar-refractivity contribution in [3.8, 4) is 0 Å². The van der Waals surface area contributed by atoms with Crippen LogP contribution in [0.15, 0.2) is 0 Å². The number of rotatable bonds is 5. The van der Waals surface area contributed by atoms with E-state index in [-0.39, 0.29) is 19.1 Å². The van der Waals surface area contributed by atoms with Gasteiger partial charge < -0.3 is 10.2 Å². The van der Waals surface area contributed by atoms with Crippen LogP contribution < -0.4 is 0 Å². The van der Waals surface area contributed by atoms with Gasteiger partial charge in [-0.05, 0) is 25.7 Å². The number of hydrogen-bond acceptors (Lipinski definition) is 2. The van der Waals surface area contributed by atoms with E-state index >= 15 is 0 Å². The van der Waals surface area contributed by atoms with Gasteiger partial charge in [0.05, 0.1) is 0 Å². The highest BCUT2D eigenvalue weighted by Crippen LogP contribution is 2.04. The lowest BCUT2D eigenvalue weighted by atomic mass is 10.1. The maximum atomic E-state index is 8.51. The summed E-state index contributed by atoms with van der Waals surface area (Å²) in [6.07, 6.45) is 2.70. The fourth-order valence-electron chi connectivity index (χ4n) is 0.636. The highest BCUT2D eigenvalue weighted by Gasteiger charge is 1.97. The first-order chi connectivity index (χ1) is 4.31. The zero-order chi connectivity index (χ0) is 7.11. The van der Waals surface area contributed by atoms with Crippen molar-refractivity contribution in [3.63, 3.8) is 0 Å². The molecular formula is C7H15O2.